The largest absolute Gasteiger partial charge is 0.364 e. The highest BCUT2D eigenvalue weighted by Crippen LogP contribution is 2.30. The summed E-state index contributed by atoms with van der Waals surface area (Å²) in [4.78, 5) is 3.08. The van der Waals surface area contributed by atoms with Crippen molar-refractivity contribution >= 4 is 0 Å². The van der Waals surface area contributed by atoms with Gasteiger partial charge in [-0.1, -0.05) is 30.3 Å². The third kappa shape index (κ3) is 2.19. The number of nitrogens with zero attached hydrogens (tertiary/aromatic N) is 2. The van der Waals surface area contributed by atoms with E-state index in [4.69, 9.17) is 10.5 Å². The number of H-pyrrole nitrogens is 1. The quantitative estimate of drug-likeness (QED) is 0.866. The van der Waals surface area contributed by atoms with Crippen LogP contribution >= 0.6 is 0 Å². The van der Waals surface area contributed by atoms with Gasteiger partial charge in [0.25, 0.3) is 0 Å². The molecule has 0 aliphatic heterocycles. The van der Waals surface area contributed by atoms with E-state index >= 15 is 0 Å². The van der Waals surface area contributed by atoms with Crippen molar-refractivity contribution < 1.29 is 0 Å². The summed E-state index contributed by atoms with van der Waals surface area (Å²) in [6.07, 6.45) is 1.80. The maximum absolute atomic E-state index is 9.07. The summed E-state index contributed by atoms with van der Waals surface area (Å²) in [6.45, 7) is 0. The molecule has 1 aromatic heterocycles. The summed E-state index contributed by atoms with van der Waals surface area (Å²) in [5, 5.41) is 18.1. The Balaban J connectivity index is 2.47. The number of hydrogen-bond acceptors (Lipinski definition) is 2. The second-order valence-corrected chi connectivity index (χ2v) is 3.75. The van der Waals surface area contributed by atoms with Gasteiger partial charge in [0.1, 0.15) is 5.92 Å². The standard InChI is InChI=1S/C14H11N3/c15-9-12(10-16)14(13-7-4-8-17-13)11-5-2-1-3-6-11/h1-8,12,14,17H. The van der Waals surface area contributed by atoms with Crippen molar-refractivity contribution in [1.29, 1.82) is 10.5 Å². The lowest BCUT2D eigenvalue weighted by Gasteiger charge is -2.16. The van der Waals surface area contributed by atoms with Crippen LogP contribution < -0.4 is 0 Å². The van der Waals surface area contributed by atoms with Gasteiger partial charge in [-0.05, 0) is 17.7 Å². The van der Waals surface area contributed by atoms with Crippen molar-refractivity contribution in [1.82, 2.24) is 4.98 Å². The van der Waals surface area contributed by atoms with Gasteiger partial charge in [-0.25, -0.2) is 0 Å². The molecule has 0 saturated carbocycles. The van der Waals surface area contributed by atoms with Crippen LogP contribution in [0.2, 0.25) is 0 Å². The summed E-state index contributed by atoms with van der Waals surface area (Å²) in [5.74, 6) is -0.905. The lowest BCUT2D eigenvalue weighted by atomic mass is 9.85. The number of hydrogen-bond donors (Lipinski definition) is 1. The van der Waals surface area contributed by atoms with Crippen LogP contribution in [0.5, 0.6) is 0 Å². The molecular weight excluding hydrogens is 210 g/mol. The van der Waals surface area contributed by atoms with E-state index in [-0.39, 0.29) is 5.92 Å². The molecule has 0 saturated heterocycles. The van der Waals surface area contributed by atoms with E-state index in [1.165, 1.54) is 0 Å². The second-order valence-electron chi connectivity index (χ2n) is 3.75. The zero-order valence-corrected chi connectivity index (χ0v) is 9.17. The van der Waals surface area contributed by atoms with Crippen molar-refractivity contribution in [3.63, 3.8) is 0 Å². The minimum atomic E-state index is -0.684. The molecule has 1 N–H and O–H groups in total. The molecule has 3 heteroatoms. The van der Waals surface area contributed by atoms with Crippen LogP contribution in [-0.2, 0) is 0 Å². The van der Waals surface area contributed by atoms with E-state index in [2.05, 4.69) is 17.1 Å². The first-order valence-electron chi connectivity index (χ1n) is 5.34. The fourth-order valence-electron chi connectivity index (χ4n) is 1.93. The summed E-state index contributed by atoms with van der Waals surface area (Å²) in [7, 11) is 0. The Hall–Kier alpha value is -2.52. The lowest BCUT2D eigenvalue weighted by Crippen LogP contribution is -2.11. The fourth-order valence-corrected chi connectivity index (χ4v) is 1.93. The van der Waals surface area contributed by atoms with Gasteiger partial charge >= 0.3 is 0 Å². The van der Waals surface area contributed by atoms with Crippen molar-refractivity contribution in [2.24, 2.45) is 5.92 Å². The van der Waals surface area contributed by atoms with E-state index in [0.717, 1.165) is 11.3 Å². The molecule has 1 atom stereocenters. The molecule has 2 rings (SSSR count). The Morgan fingerprint density at radius 3 is 2.18 bits per heavy atom. The van der Waals surface area contributed by atoms with Gasteiger partial charge in [-0.3, -0.25) is 0 Å². The molecule has 1 unspecified atom stereocenters. The van der Waals surface area contributed by atoms with Crippen LogP contribution in [0.25, 0.3) is 0 Å². The molecule has 0 bridgehead atoms. The van der Waals surface area contributed by atoms with Gasteiger partial charge < -0.3 is 4.98 Å². The Morgan fingerprint density at radius 2 is 1.65 bits per heavy atom. The maximum Gasteiger partial charge on any atom is 0.145 e. The van der Waals surface area contributed by atoms with E-state index < -0.39 is 5.92 Å². The topological polar surface area (TPSA) is 63.4 Å². The first kappa shape index (κ1) is 11.0. The minimum absolute atomic E-state index is 0.221. The zero-order valence-electron chi connectivity index (χ0n) is 9.17. The molecule has 0 amide bonds. The lowest BCUT2D eigenvalue weighted by molar-refractivity contribution is 0.692. The molecule has 0 spiro atoms. The third-order valence-corrected chi connectivity index (χ3v) is 2.73. The number of nitrogens with one attached hydrogen (secondary N) is 1. The third-order valence-electron chi connectivity index (χ3n) is 2.73. The molecule has 82 valence electrons. The van der Waals surface area contributed by atoms with Crippen LogP contribution in [0.4, 0.5) is 0 Å². The molecular formula is C14H11N3. The van der Waals surface area contributed by atoms with Crippen molar-refractivity contribution in [3.8, 4) is 12.1 Å². The van der Waals surface area contributed by atoms with Gasteiger partial charge in [-0.2, -0.15) is 10.5 Å². The highest BCUT2D eigenvalue weighted by atomic mass is 14.7. The molecule has 2 aromatic rings. The van der Waals surface area contributed by atoms with Crippen molar-refractivity contribution in [2.75, 3.05) is 0 Å². The molecule has 17 heavy (non-hydrogen) atoms. The molecule has 0 aliphatic rings. The van der Waals surface area contributed by atoms with Crippen LogP contribution in [0.15, 0.2) is 48.7 Å². The Bertz CT molecular complexity index is 529. The van der Waals surface area contributed by atoms with Crippen molar-refractivity contribution in [3.05, 3.63) is 59.9 Å². The monoisotopic (exact) mass is 221 g/mol. The van der Waals surface area contributed by atoms with Crippen molar-refractivity contribution in [2.45, 2.75) is 5.92 Å². The summed E-state index contributed by atoms with van der Waals surface area (Å²) in [6, 6.07) is 17.5. The molecule has 0 aliphatic carbocycles. The maximum atomic E-state index is 9.07. The molecule has 1 aromatic carbocycles. The highest BCUT2D eigenvalue weighted by Gasteiger charge is 2.25. The average molecular weight is 221 g/mol. The van der Waals surface area contributed by atoms with Gasteiger partial charge in [0, 0.05) is 11.9 Å². The predicted octanol–water partition coefficient (Wildman–Crippen LogP) is 2.81. The summed E-state index contributed by atoms with van der Waals surface area (Å²) >= 11 is 0. The zero-order chi connectivity index (χ0) is 12.1. The van der Waals surface area contributed by atoms with Crippen LogP contribution in [-0.4, -0.2) is 4.98 Å². The second kappa shape index (κ2) is 5.01. The number of rotatable bonds is 3. The van der Waals surface area contributed by atoms with Gasteiger partial charge in [0.15, 0.2) is 0 Å². The normalized spacial score (nSPS) is 11.7. The number of aromatic nitrogens is 1. The first-order valence-corrected chi connectivity index (χ1v) is 5.34. The smallest absolute Gasteiger partial charge is 0.145 e. The first-order chi connectivity index (χ1) is 8.36. The Kier molecular flexibility index (Phi) is 3.23. The van der Waals surface area contributed by atoms with E-state index in [9.17, 15) is 0 Å². The summed E-state index contributed by atoms with van der Waals surface area (Å²) < 4.78 is 0. The SMILES string of the molecule is N#CC(C#N)C(c1ccccc1)c1ccc[nH]1. The average Bonchev–Trinajstić information content (AvgIpc) is 2.90. The highest BCUT2D eigenvalue weighted by molar-refractivity contribution is 5.33. The van der Waals surface area contributed by atoms with Crippen LogP contribution in [0, 0.1) is 28.6 Å². The number of aromatic amines is 1. The van der Waals surface area contributed by atoms with E-state index in [0.29, 0.717) is 0 Å². The molecule has 1 heterocycles. The Labute approximate surface area is 99.9 Å². The fraction of sp³-hybridized carbons (Fsp3) is 0.143. The van der Waals surface area contributed by atoms with Crippen LogP contribution in [0.1, 0.15) is 17.2 Å². The van der Waals surface area contributed by atoms with Gasteiger partial charge in [0.05, 0.1) is 18.1 Å². The van der Waals surface area contributed by atoms with Crippen LogP contribution in [0.3, 0.4) is 0 Å². The molecule has 0 fully saturated rings. The van der Waals surface area contributed by atoms with Gasteiger partial charge in [0.2, 0.25) is 0 Å². The number of nitriles is 2. The summed E-state index contributed by atoms with van der Waals surface area (Å²) in [5.41, 5.74) is 1.87. The predicted molar refractivity (Wildman–Crippen MR) is 63.8 cm³/mol. The minimum Gasteiger partial charge on any atom is -0.364 e. The molecule has 3 nitrogen and oxygen atoms in total. The number of benzene rings is 1. The molecule has 0 radical (unpaired) electrons. The van der Waals surface area contributed by atoms with Gasteiger partial charge in [-0.15, -0.1) is 0 Å². The van der Waals surface area contributed by atoms with E-state index in [1.54, 1.807) is 6.20 Å². The van der Waals surface area contributed by atoms with E-state index in [1.807, 2.05) is 42.5 Å². The Morgan fingerprint density at radius 1 is 0.941 bits per heavy atom.